The first-order chi connectivity index (χ1) is 61.1. The number of rotatable bonds is 9. The number of methoxy groups -OCH3 is 2. The molecule has 0 saturated carbocycles. The molecule has 0 unspecified atom stereocenters. The Bertz CT molecular complexity index is 7250. The van der Waals surface area contributed by atoms with E-state index in [1.165, 1.54) is 56.9 Å². The molecule has 0 spiro atoms. The van der Waals surface area contributed by atoms with Crippen LogP contribution >= 0.6 is 0 Å². The lowest BCUT2D eigenvalue weighted by atomic mass is 10.2. The molecule has 28 heteroatoms. The minimum atomic E-state index is -0.562. The molecule has 127 heavy (non-hydrogen) atoms. The summed E-state index contributed by atoms with van der Waals surface area (Å²) in [7, 11) is 8.99. The van der Waals surface area contributed by atoms with Gasteiger partial charge in [0.2, 0.25) is 30.0 Å². The Morgan fingerprint density at radius 2 is 0.882 bits per heavy atom. The highest BCUT2D eigenvalue weighted by Crippen LogP contribution is 2.37. The Hall–Kier alpha value is -17.3. The normalized spacial score (nSPS) is 10.3. The smallest absolute Gasteiger partial charge is 0.310 e. The minimum absolute atomic E-state index is 0.0286. The molecule has 0 saturated heterocycles. The second-order valence-corrected chi connectivity index (χ2v) is 28.2. The fourth-order valence-electron chi connectivity index (χ4n) is 13.7. The van der Waals surface area contributed by atoms with Crippen LogP contribution in [0.4, 0.5) is 45.5 Å². The van der Waals surface area contributed by atoms with Gasteiger partial charge >= 0.3 is 11.9 Å². The number of H-pyrrole nitrogens is 1. The Morgan fingerprint density at radius 1 is 0.465 bits per heavy atom. The van der Waals surface area contributed by atoms with E-state index in [1.54, 1.807) is 167 Å². The topological polar surface area (TPSA) is 335 Å². The number of para-hydroxylation sites is 5. The first-order valence-electron chi connectivity index (χ1n) is 39.0. The first-order valence-corrected chi connectivity index (χ1v) is 39.0. The number of esters is 2. The van der Waals surface area contributed by atoms with Gasteiger partial charge in [0.15, 0.2) is 17.1 Å². The number of aromatic nitrogens is 7. The Labute approximate surface area is 729 Å². The molecule has 0 bridgehead atoms. The minimum Gasteiger partial charge on any atom is -0.506 e. The number of amides is 1. The zero-order chi connectivity index (χ0) is 91.7. The number of ether oxygens (including phenoxy) is 3. The van der Waals surface area contributed by atoms with Crippen LogP contribution in [-0.2, 0) is 35.6 Å². The number of nitrogens with zero attached hydrogens (tertiary/aromatic N) is 13. The highest BCUT2D eigenvalue weighted by atomic mass is 16.7. The number of anilines is 5. The van der Waals surface area contributed by atoms with Crippen molar-refractivity contribution >= 4 is 158 Å². The number of carbonyl (C=O) groups is 6. The standard InChI is InChI=1S/C19H15N3O2.C19H13N3O.C18H11N3O.C17H13N3O.C10H9NO2.C7H6N2.C5H13NO2.C4H6O3/c1-13(23)21-12-19(17-6-4-5-7-18(17)21)22(14(2)24)16-10-8-15(20-3)9-11-16;1-20-13-7-9-14(10-8-13)22-18(23)12-11-17-19(22)15-5-3-4-6-16(15)21(17)2;1-19-12-6-8-13(9-7-12)21-17(22)11-10-16-18(21)14-4-2-3-5-15(14)20-16;1-12(21)20-11-16(15-4-2-3-5-17(15)20)19-14-8-6-13(10-18)7-9-14;1-7(12)11-6-10(13)8-4-2-3-5-9(8)11;8-5-6-1-3-7(9)4-2-6;1-6(2)5(7-3)8-4;1-3(5)7-4(2)6/h4-12H,1-2H3;3-12H,2H3;2-11,20H;2-9,11,19H,1H3;2-6,13H,1H3;1-4H,9H2;5H,1-4H3;1-2H3. The predicted molar refractivity (Wildman–Crippen MR) is 496 cm³/mol. The fraction of sp³-hybridized carbons (Fsp3) is 0.121. The van der Waals surface area contributed by atoms with Gasteiger partial charge < -0.3 is 39.9 Å². The summed E-state index contributed by atoms with van der Waals surface area (Å²) < 4.78 is 23.8. The van der Waals surface area contributed by atoms with Crippen molar-refractivity contribution in [1.82, 2.24) is 37.3 Å². The van der Waals surface area contributed by atoms with Gasteiger partial charge in [0.1, 0.15) is 5.75 Å². The second kappa shape index (κ2) is 42.7. The number of carbonyl (C=O) groups excluding carboxylic acids is 6. The number of aromatic amines is 1. The van der Waals surface area contributed by atoms with E-state index in [4.69, 9.17) is 45.4 Å². The molecule has 0 radical (unpaired) electrons. The van der Waals surface area contributed by atoms with Crippen LogP contribution in [0.2, 0.25) is 0 Å². The van der Waals surface area contributed by atoms with Gasteiger partial charge in [0.25, 0.3) is 11.1 Å². The van der Waals surface area contributed by atoms with Crippen LogP contribution in [0.25, 0.3) is 102 Å². The number of fused-ring (bicyclic) bond motifs is 9. The van der Waals surface area contributed by atoms with Crippen LogP contribution < -0.4 is 27.1 Å². The zero-order valence-corrected chi connectivity index (χ0v) is 71.0. The number of benzene rings is 10. The number of nitrogens with one attached hydrogen (secondary N) is 2. The van der Waals surface area contributed by atoms with E-state index in [-0.39, 0.29) is 46.9 Å². The van der Waals surface area contributed by atoms with E-state index < -0.39 is 11.9 Å². The molecule has 1 amide bonds. The Balaban J connectivity index is 0.000000156. The summed E-state index contributed by atoms with van der Waals surface area (Å²) >= 11 is 0. The summed E-state index contributed by atoms with van der Waals surface area (Å²) in [5, 5.41) is 34.5. The third-order valence-electron chi connectivity index (χ3n) is 19.3. The Morgan fingerprint density at radius 3 is 1.35 bits per heavy atom. The summed E-state index contributed by atoms with van der Waals surface area (Å²) in [6.07, 6.45) is 4.70. The monoisotopic (exact) mass is 1690 g/mol. The average Bonchev–Trinajstić information content (AvgIpc) is 1.61. The largest absolute Gasteiger partial charge is 0.506 e. The lowest BCUT2D eigenvalue weighted by molar-refractivity contribution is -0.179. The molecule has 0 fully saturated rings. The maximum atomic E-state index is 12.5. The van der Waals surface area contributed by atoms with E-state index in [0.29, 0.717) is 50.6 Å². The highest BCUT2D eigenvalue weighted by molar-refractivity contribution is 6.11. The number of nitrogens with two attached hydrogens (primary N) is 1. The van der Waals surface area contributed by atoms with Gasteiger partial charge in [-0.1, -0.05) is 121 Å². The number of nitriles is 2. The van der Waals surface area contributed by atoms with Gasteiger partial charge in [-0.25, -0.2) is 14.5 Å². The molecule has 7 heterocycles. The maximum absolute atomic E-state index is 12.5. The quantitative estimate of drug-likeness (QED) is 0.0343. The van der Waals surface area contributed by atoms with E-state index >= 15 is 0 Å². The lowest BCUT2D eigenvalue weighted by Gasteiger charge is -2.20. The van der Waals surface area contributed by atoms with Crippen molar-refractivity contribution in [2.24, 2.45) is 7.05 Å². The molecule has 0 atom stereocenters. The van der Waals surface area contributed by atoms with Crippen LogP contribution in [0.15, 0.2) is 295 Å². The van der Waals surface area contributed by atoms with Gasteiger partial charge in [-0.15, -0.1) is 0 Å². The van der Waals surface area contributed by atoms with Crippen LogP contribution in [0.3, 0.4) is 0 Å². The number of nitrogen functional groups attached to an aromatic ring is 1. The van der Waals surface area contributed by atoms with Gasteiger partial charge in [-0.05, 0) is 148 Å². The van der Waals surface area contributed by atoms with Crippen molar-refractivity contribution in [3.63, 3.8) is 0 Å². The number of aryl methyl sites for hydroxylation is 1. The molecule has 0 aliphatic heterocycles. The number of hydrogen-bond acceptors (Lipinski definition) is 17. The number of hydrogen-bond donors (Lipinski definition) is 4. The highest BCUT2D eigenvalue weighted by Gasteiger charge is 2.22. The third-order valence-corrected chi connectivity index (χ3v) is 19.3. The second-order valence-electron chi connectivity index (χ2n) is 28.2. The van der Waals surface area contributed by atoms with Gasteiger partial charge in [-0.3, -0.25) is 71.0 Å². The average molecular weight is 1690 g/mol. The molecule has 7 aromatic heterocycles. The fourth-order valence-corrected chi connectivity index (χ4v) is 13.7. The van der Waals surface area contributed by atoms with Crippen molar-refractivity contribution < 1.29 is 48.1 Å². The molecule has 17 aromatic rings. The summed E-state index contributed by atoms with van der Waals surface area (Å²) in [4.78, 5) is 108. The lowest BCUT2D eigenvalue weighted by Crippen LogP contribution is -2.30. The van der Waals surface area contributed by atoms with Crippen molar-refractivity contribution in [2.45, 2.75) is 48.0 Å². The van der Waals surface area contributed by atoms with Crippen LogP contribution in [0, 0.1) is 42.4 Å². The molecule has 17 rings (SSSR count). The summed E-state index contributed by atoms with van der Waals surface area (Å²) in [5.41, 5.74) is 21.5. The molecule has 634 valence electrons. The summed E-state index contributed by atoms with van der Waals surface area (Å²) in [6, 6.07) is 84.3. The SMILES string of the molecule is CC(=O)OC(C)=O.CC(=O)n1cc(Nc2ccc(C#N)cc2)c2ccccc21.CC(=O)n1cc(O)c2ccccc21.COC(OC)N(C)C.N#Cc1ccc(N)cc1.[C-]#[N+]c1ccc(-n2c(=O)ccc3[nH]c4ccccc4c32)cc1.[C-]#[N+]c1ccc(-n2c(=O)ccc3c2c2ccccc2n3C)cc1.[C-]#[N+]c1ccc(N(C(C)=O)c2cn(C(C)=O)c3ccccc23)cc1. The summed E-state index contributed by atoms with van der Waals surface area (Å²) in [6.45, 7) is 29.4. The van der Waals surface area contributed by atoms with E-state index in [9.17, 15) is 43.5 Å². The molecule has 0 aliphatic rings. The predicted octanol–water partition coefficient (Wildman–Crippen LogP) is 19.9. The van der Waals surface area contributed by atoms with E-state index in [1.807, 2.05) is 178 Å². The van der Waals surface area contributed by atoms with E-state index in [0.717, 1.165) is 93.9 Å². The number of pyridine rings is 2. The Kier molecular flexibility index (Phi) is 31.0. The maximum Gasteiger partial charge on any atom is 0.310 e. The van der Waals surface area contributed by atoms with Crippen molar-refractivity contribution in [2.75, 3.05) is 44.3 Å². The molecular weight excluding hydrogens is 1610 g/mol. The van der Waals surface area contributed by atoms with E-state index in [2.05, 4.69) is 40.2 Å². The van der Waals surface area contributed by atoms with Crippen LogP contribution in [-0.4, -0.2) is 113 Å². The molecule has 5 N–H and O–H groups in total. The molecule has 0 aliphatic carbocycles. The summed E-state index contributed by atoms with van der Waals surface area (Å²) in [5.74, 6) is -1.40. The van der Waals surface area contributed by atoms with Gasteiger partial charge in [0, 0.05) is 148 Å². The van der Waals surface area contributed by atoms with Gasteiger partial charge in [0.05, 0.1) is 105 Å². The van der Waals surface area contributed by atoms with Crippen molar-refractivity contribution in [3.05, 3.63) is 352 Å². The molecular formula is C99H86N16O12. The zero-order valence-electron chi connectivity index (χ0n) is 71.0. The first kappa shape index (κ1) is 92.0. The number of aromatic hydroxyl groups is 1. The van der Waals surface area contributed by atoms with Gasteiger partial charge in [-0.2, -0.15) is 10.5 Å². The third kappa shape index (κ3) is 22.3. The van der Waals surface area contributed by atoms with Crippen LogP contribution in [0.1, 0.15) is 67.1 Å². The molecule has 28 nitrogen and oxygen atoms in total. The van der Waals surface area contributed by atoms with Crippen LogP contribution in [0.5, 0.6) is 5.75 Å². The van der Waals surface area contributed by atoms with Crippen molar-refractivity contribution in [3.8, 4) is 29.3 Å². The van der Waals surface area contributed by atoms with Crippen molar-refractivity contribution in [1.29, 1.82) is 10.5 Å². The molecule has 10 aromatic carbocycles.